The van der Waals surface area contributed by atoms with Crippen LogP contribution < -0.4 is 0 Å². The molecule has 0 amide bonds. The van der Waals surface area contributed by atoms with Gasteiger partial charge in [0.25, 0.3) is 0 Å². The third-order valence-corrected chi connectivity index (χ3v) is 4.45. The molecule has 0 aliphatic heterocycles. The number of unbranched alkanes of at least 4 members (excludes halogenated alkanes) is 14. The normalized spacial score (nSPS) is 13.0. The summed E-state index contributed by atoms with van der Waals surface area (Å²) < 4.78 is 0. The molecule has 0 saturated carbocycles. The minimum absolute atomic E-state index is 0.496. The van der Waals surface area contributed by atoms with Crippen LogP contribution in [0.3, 0.4) is 0 Å². The molecule has 0 bridgehead atoms. The van der Waals surface area contributed by atoms with E-state index in [0.29, 0.717) is 6.42 Å². The molecule has 0 radical (unpaired) electrons. The van der Waals surface area contributed by atoms with Gasteiger partial charge in [-0.3, -0.25) is 0 Å². The molecule has 0 aliphatic carbocycles. The molecule has 3 N–H and O–H groups in total. The van der Waals surface area contributed by atoms with Crippen molar-refractivity contribution in [1.29, 1.82) is 0 Å². The van der Waals surface area contributed by atoms with Crippen molar-refractivity contribution in [3.8, 4) is 0 Å². The number of hydrogen-bond donors (Lipinski definition) is 3. The van der Waals surface area contributed by atoms with Gasteiger partial charge in [-0.25, -0.2) is 0 Å². The first-order chi connectivity index (χ1) is 10.7. The molecule has 3 heteroatoms. The molecule has 0 aromatic carbocycles. The third kappa shape index (κ3) is 16.3. The van der Waals surface area contributed by atoms with Crippen molar-refractivity contribution in [2.75, 3.05) is 0 Å². The Morgan fingerprint density at radius 1 is 0.500 bits per heavy atom. The fraction of sp³-hybridized carbons (Fsp3) is 1.00. The summed E-state index contributed by atoms with van der Waals surface area (Å²) in [5, 5.41) is 26.7. The quantitative estimate of drug-likeness (QED) is 0.264. The van der Waals surface area contributed by atoms with E-state index in [2.05, 4.69) is 6.92 Å². The first-order valence-electron chi connectivity index (χ1n) is 9.72. The smallest absolute Gasteiger partial charge is 0.178 e. The SMILES string of the molecule is CCCCCCCCCCCCCCCCCC(O)C(O)O. The van der Waals surface area contributed by atoms with Crippen molar-refractivity contribution < 1.29 is 15.3 Å². The van der Waals surface area contributed by atoms with E-state index in [4.69, 9.17) is 10.2 Å². The molecule has 0 fully saturated rings. The second-order valence-corrected chi connectivity index (χ2v) is 6.72. The average Bonchev–Trinajstić information content (AvgIpc) is 2.50. The predicted molar refractivity (Wildman–Crippen MR) is 93.8 cm³/mol. The molecule has 0 heterocycles. The molecule has 0 aromatic heterocycles. The summed E-state index contributed by atoms with van der Waals surface area (Å²) in [7, 11) is 0. The summed E-state index contributed by atoms with van der Waals surface area (Å²) in [6, 6.07) is 0. The van der Waals surface area contributed by atoms with Crippen LogP contribution >= 0.6 is 0 Å². The zero-order chi connectivity index (χ0) is 16.5. The van der Waals surface area contributed by atoms with E-state index in [1.165, 1.54) is 83.5 Å². The van der Waals surface area contributed by atoms with Crippen molar-refractivity contribution in [1.82, 2.24) is 0 Å². The molecule has 0 spiro atoms. The van der Waals surface area contributed by atoms with Crippen LogP contribution in [0.25, 0.3) is 0 Å². The van der Waals surface area contributed by atoms with E-state index in [1.54, 1.807) is 0 Å². The summed E-state index contributed by atoms with van der Waals surface area (Å²) in [5.74, 6) is 0. The van der Waals surface area contributed by atoms with E-state index in [9.17, 15) is 5.11 Å². The largest absolute Gasteiger partial charge is 0.388 e. The van der Waals surface area contributed by atoms with Crippen LogP contribution in [0.15, 0.2) is 0 Å². The first-order valence-corrected chi connectivity index (χ1v) is 9.72. The molecule has 22 heavy (non-hydrogen) atoms. The number of rotatable bonds is 17. The zero-order valence-electron chi connectivity index (χ0n) is 14.8. The van der Waals surface area contributed by atoms with Gasteiger partial charge >= 0.3 is 0 Å². The molecular formula is C19H40O3. The van der Waals surface area contributed by atoms with Crippen molar-refractivity contribution >= 4 is 0 Å². The maximum Gasteiger partial charge on any atom is 0.178 e. The standard InChI is InChI=1S/C19H40O3/c1-2-3-4-5-6-7-8-9-10-11-12-13-14-15-16-17-18(20)19(21)22/h18-22H,2-17H2,1H3. The Kier molecular flexibility index (Phi) is 17.1. The highest BCUT2D eigenvalue weighted by Crippen LogP contribution is 2.14. The summed E-state index contributed by atoms with van der Waals surface area (Å²) in [6.45, 7) is 2.27. The first kappa shape index (κ1) is 21.9. The van der Waals surface area contributed by atoms with E-state index < -0.39 is 12.4 Å². The number of aliphatic hydroxyl groups excluding tert-OH is 2. The van der Waals surface area contributed by atoms with E-state index in [-0.39, 0.29) is 0 Å². The predicted octanol–water partition coefficient (Wildman–Crippen LogP) is 4.92. The Labute approximate surface area is 138 Å². The highest BCUT2D eigenvalue weighted by Gasteiger charge is 2.11. The van der Waals surface area contributed by atoms with Gasteiger partial charge in [-0.05, 0) is 6.42 Å². The molecule has 0 saturated heterocycles. The van der Waals surface area contributed by atoms with E-state index in [0.717, 1.165) is 12.8 Å². The number of hydrogen-bond acceptors (Lipinski definition) is 3. The van der Waals surface area contributed by atoms with Crippen molar-refractivity contribution in [2.24, 2.45) is 0 Å². The Hall–Kier alpha value is -0.120. The molecular weight excluding hydrogens is 276 g/mol. The molecule has 1 unspecified atom stereocenters. The lowest BCUT2D eigenvalue weighted by Crippen LogP contribution is -2.24. The van der Waals surface area contributed by atoms with Gasteiger partial charge in [-0.15, -0.1) is 0 Å². The molecule has 3 nitrogen and oxygen atoms in total. The van der Waals surface area contributed by atoms with E-state index in [1.807, 2.05) is 0 Å². The van der Waals surface area contributed by atoms with Crippen LogP contribution in [0.4, 0.5) is 0 Å². The zero-order valence-corrected chi connectivity index (χ0v) is 14.8. The van der Waals surface area contributed by atoms with Gasteiger partial charge in [0.1, 0.15) is 6.10 Å². The second-order valence-electron chi connectivity index (χ2n) is 6.72. The lowest BCUT2D eigenvalue weighted by Gasteiger charge is -2.11. The van der Waals surface area contributed by atoms with Gasteiger partial charge in [-0.1, -0.05) is 103 Å². The highest BCUT2D eigenvalue weighted by atomic mass is 16.5. The molecule has 0 aliphatic rings. The van der Waals surface area contributed by atoms with Gasteiger partial charge in [0.15, 0.2) is 6.29 Å². The van der Waals surface area contributed by atoms with Crippen molar-refractivity contribution in [2.45, 2.75) is 122 Å². The average molecular weight is 317 g/mol. The summed E-state index contributed by atoms with van der Waals surface area (Å²) in [6.07, 6.45) is 17.7. The molecule has 0 rings (SSSR count). The van der Waals surface area contributed by atoms with E-state index >= 15 is 0 Å². The highest BCUT2D eigenvalue weighted by molar-refractivity contribution is 4.57. The van der Waals surface area contributed by atoms with Gasteiger partial charge in [0, 0.05) is 0 Å². The number of aliphatic hydroxyl groups is 3. The fourth-order valence-electron chi connectivity index (χ4n) is 2.87. The lowest BCUT2D eigenvalue weighted by molar-refractivity contribution is -0.124. The topological polar surface area (TPSA) is 60.7 Å². The van der Waals surface area contributed by atoms with Crippen LogP contribution in [0.1, 0.15) is 110 Å². The van der Waals surface area contributed by atoms with Gasteiger partial charge in [-0.2, -0.15) is 0 Å². The van der Waals surface area contributed by atoms with Gasteiger partial charge < -0.3 is 15.3 Å². The fourth-order valence-corrected chi connectivity index (χ4v) is 2.87. The Balaban J connectivity index is 3.03. The Morgan fingerprint density at radius 3 is 1.14 bits per heavy atom. The third-order valence-electron chi connectivity index (χ3n) is 4.45. The van der Waals surface area contributed by atoms with Crippen LogP contribution in [0.5, 0.6) is 0 Å². The van der Waals surface area contributed by atoms with Crippen molar-refractivity contribution in [3.63, 3.8) is 0 Å². The van der Waals surface area contributed by atoms with Gasteiger partial charge in [0.2, 0.25) is 0 Å². The minimum atomic E-state index is -1.58. The monoisotopic (exact) mass is 316 g/mol. The molecule has 134 valence electrons. The minimum Gasteiger partial charge on any atom is -0.388 e. The van der Waals surface area contributed by atoms with Crippen LogP contribution in [0.2, 0.25) is 0 Å². The maximum atomic E-state index is 9.23. The van der Waals surface area contributed by atoms with Gasteiger partial charge in [0.05, 0.1) is 0 Å². The Morgan fingerprint density at radius 2 is 0.818 bits per heavy atom. The summed E-state index contributed by atoms with van der Waals surface area (Å²) in [4.78, 5) is 0. The molecule has 1 atom stereocenters. The summed E-state index contributed by atoms with van der Waals surface area (Å²) >= 11 is 0. The van der Waals surface area contributed by atoms with Crippen LogP contribution in [0, 0.1) is 0 Å². The Bertz CT molecular complexity index is 207. The molecule has 0 aromatic rings. The lowest BCUT2D eigenvalue weighted by atomic mass is 10.0. The summed E-state index contributed by atoms with van der Waals surface area (Å²) in [5.41, 5.74) is 0. The van der Waals surface area contributed by atoms with Crippen molar-refractivity contribution in [3.05, 3.63) is 0 Å². The van der Waals surface area contributed by atoms with Crippen LogP contribution in [-0.4, -0.2) is 27.7 Å². The van der Waals surface area contributed by atoms with Crippen LogP contribution in [-0.2, 0) is 0 Å². The maximum absolute atomic E-state index is 9.23. The second kappa shape index (κ2) is 17.2.